The summed E-state index contributed by atoms with van der Waals surface area (Å²) in [5, 5.41) is 8.36. The van der Waals surface area contributed by atoms with E-state index in [4.69, 9.17) is 4.52 Å². The third kappa shape index (κ3) is 3.54. The zero-order valence-corrected chi connectivity index (χ0v) is 16.3. The number of nitrogens with zero attached hydrogens (tertiary/aromatic N) is 6. The minimum absolute atomic E-state index is 0.0475. The minimum Gasteiger partial charge on any atom is -0.339 e. The topological polar surface area (TPSA) is 89.9 Å². The second-order valence-corrected chi connectivity index (χ2v) is 7.03. The Hall–Kier alpha value is -3.03. The highest BCUT2D eigenvalue weighted by molar-refractivity contribution is 5.95. The van der Waals surface area contributed by atoms with Gasteiger partial charge in [0.2, 0.25) is 0 Å². The lowest BCUT2D eigenvalue weighted by molar-refractivity contribution is 0.0761. The quantitative estimate of drug-likeness (QED) is 0.690. The van der Waals surface area contributed by atoms with E-state index < -0.39 is 0 Å². The lowest BCUT2D eigenvalue weighted by Crippen LogP contribution is -2.32. The Morgan fingerprint density at radius 3 is 2.71 bits per heavy atom. The maximum Gasteiger partial charge on any atom is 0.258 e. The number of aromatic nitrogens is 5. The maximum atomic E-state index is 13.0. The molecule has 8 heteroatoms. The molecule has 0 spiro atoms. The van der Waals surface area contributed by atoms with Crippen molar-refractivity contribution in [3.05, 3.63) is 41.6 Å². The number of rotatable bonds is 4. The molecule has 4 rings (SSSR count). The Bertz CT molecular complexity index is 969. The van der Waals surface area contributed by atoms with Crippen molar-refractivity contribution in [3.8, 4) is 17.3 Å². The van der Waals surface area contributed by atoms with Crippen LogP contribution >= 0.6 is 0 Å². The van der Waals surface area contributed by atoms with Crippen molar-refractivity contribution in [2.45, 2.75) is 46.0 Å². The van der Waals surface area contributed by atoms with Crippen LogP contribution in [0, 0.1) is 6.92 Å². The number of hydrogen-bond acceptors (Lipinski definition) is 6. The van der Waals surface area contributed by atoms with Gasteiger partial charge in [0, 0.05) is 31.3 Å². The molecule has 1 aliphatic rings. The summed E-state index contributed by atoms with van der Waals surface area (Å²) >= 11 is 0. The van der Waals surface area contributed by atoms with Gasteiger partial charge < -0.3 is 9.42 Å². The molecule has 1 aliphatic heterocycles. The molecule has 28 heavy (non-hydrogen) atoms. The monoisotopic (exact) mass is 380 g/mol. The van der Waals surface area contributed by atoms with Gasteiger partial charge >= 0.3 is 0 Å². The number of pyridine rings is 1. The van der Waals surface area contributed by atoms with Crippen molar-refractivity contribution in [3.63, 3.8) is 0 Å². The maximum absolute atomic E-state index is 13.0. The lowest BCUT2D eigenvalue weighted by Gasteiger charge is -2.19. The summed E-state index contributed by atoms with van der Waals surface area (Å²) < 4.78 is 7.00. The molecule has 0 saturated carbocycles. The highest BCUT2D eigenvalue weighted by Crippen LogP contribution is 2.22. The molecule has 146 valence electrons. The molecular weight excluding hydrogens is 356 g/mol. The first-order chi connectivity index (χ1) is 13.7. The molecule has 3 aromatic rings. The average molecular weight is 380 g/mol. The second-order valence-electron chi connectivity index (χ2n) is 7.03. The van der Waals surface area contributed by atoms with Crippen LogP contribution in [0.5, 0.6) is 0 Å². The second kappa shape index (κ2) is 7.92. The van der Waals surface area contributed by atoms with Crippen molar-refractivity contribution in [2.75, 3.05) is 13.1 Å². The third-order valence-corrected chi connectivity index (χ3v) is 5.13. The Morgan fingerprint density at radius 1 is 1.21 bits per heavy atom. The summed E-state index contributed by atoms with van der Waals surface area (Å²) in [6.45, 7) is 5.50. The lowest BCUT2D eigenvalue weighted by atomic mass is 10.2. The van der Waals surface area contributed by atoms with Crippen LogP contribution in [0.4, 0.5) is 0 Å². The Kier molecular flexibility index (Phi) is 5.18. The zero-order chi connectivity index (χ0) is 19.5. The summed E-state index contributed by atoms with van der Waals surface area (Å²) in [6, 6.07) is 3.66. The Balaban J connectivity index is 1.62. The number of carbonyl (C=O) groups excluding carboxylic acids is 1. The van der Waals surface area contributed by atoms with Gasteiger partial charge in [0.1, 0.15) is 0 Å². The summed E-state index contributed by atoms with van der Waals surface area (Å²) in [4.78, 5) is 23.7. The van der Waals surface area contributed by atoms with E-state index in [0.717, 1.165) is 37.2 Å². The molecule has 4 heterocycles. The summed E-state index contributed by atoms with van der Waals surface area (Å²) in [7, 11) is 0. The fourth-order valence-electron chi connectivity index (χ4n) is 3.48. The van der Waals surface area contributed by atoms with Crippen LogP contribution in [0.15, 0.2) is 29.0 Å². The van der Waals surface area contributed by atoms with E-state index in [1.54, 1.807) is 17.1 Å². The smallest absolute Gasteiger partial charge is 0.258 e. The molecule has 1 saturated heterocycles. The number of amides is 1. The normalized spacial score (nSPS) is 14.9. The van der Waals surface area contributed by atoms with Crippen molar-refractivity contribution in [1.82, 2.24) is 29.8 Å². The van der Waals surface area contributed by atoms with Gasteiger partial charge in [-0.1, -0.05) is 24.9 Å². The molecule has 0 aromatic carbocycles. The van der Waals surface area contributed by atoms with E-state index in [0.29, 0.717) is 29.5 Å². The first kappa shape index (κ1) is 18.3. The van der Waals surface area contributed by atoms with E-state index in [2.05, 4.69) is 20.2 Å². The van der Waals surface area contributed by atoms with Crippen molar-refractivity contribution in [2.24, 2.45) is 0 Å². The number of carbonyl (C=O) groups is 1. The number of aryl methyl sites for hydroxylation is 1. The number of likely N-dealkylation sites (tertiary alicyclic amines) is 1. The van der Waals surface area contributed by atoms with E-state index >= 15 is 0 Å². The predicted molar refractivity (Wildman–Crippen MR) is 103 cm³/mol. The Labute approximate surface area is 163 Å². The molecule has 3 aromatic heterocycles. The first-order valence-corrected chi connectivity index (χ1v) is 9.80. The van der Waals surface area contributed by atoms with Gasteiger partial charge in [0.15, 0.2) is 11.6 Å². The SMILES string of the molecule is CCc1noc(-c2ccnc(-n3ncc(C(=O)N4CCCCCC4)c3C)c2)n1. The van der Waals surface area contributed by atoms with E-state index in [1.807, 2.05) is 30.9 Å². The van der Waals surface area contributed by atoms with Crippen molar-refractivity contribution < 1.29 is 9.32 Å². The van der Waals surface area contributed by atoms with Crippen LogP contribution in [0.1, 0.15) is 54.5 Å². The van der Waals surface area contributed by atoms with E-state index in [9.17, 15) is 4.79 Å². The third-order valence-electron chi connectivity index (χ3n) is 5.13. The van der Waals surface area contributed by atoms with E-state index in [1.165, 1.54) is 12.8 Å². The molecule has 0 bridgehead atoms. The summed E-state index contributed by atoms with van der Waals surface area (Å²) in [6.07, 6.45) is 8.53. The molecule has 1 amide bonds. The summed E-state index contributed by atoms with van der Waals surface area (Å²) in [5.74, 6) is 1.77. The van der Waals surface area contributed by atoms with Crippen LogP contribution in [-0.2, 0) is 6.42 Å². The van der Waals surface area contributed by atoms with Gasteiger partial charge in [-0.05, 0) is 31.9 Å². The van der Waals surface area contributed by atoms with Gasteiger partial charge in [-0.3, -0.25) is 4.79 Å². The highest BCUT2D eigenvalue weighted by atomic mass is 16.5. The fourth-order valence-corrected chi connectivity index (χ4v) is 3.48. The first-order valence-electron chi connectivity index (χ1n) is 9.80. The summed E-state index contributed by atoms with van der Waals surface area (Å²) in [5.41, 5.74) is 2.17. The standard InChI is InChI=1S/C20H24N6O2/c1-3-17-23-19(28-24-17)15-8-9-21-18(12-15)26-14(2)16(13-22-26)20(27)25-10-6-4-5-7-11-25/h8-9,12-13H,3-7,10-11H2,1-2H3. The zero-order valence-electron chi connectivity index (χ0n) is 16.3. The van der Waals surface area contributed by atoms with Crippen LogP contribution in [-0.4, -0.2) is 48.8 Å². The number of hydrogen-bond donors (Lipinski definition) is 0. The Morgan fingerprint density at radius 2 is 2.00 bits per heavy atom. The van der Waals surface area contributed by atoms with Gasteiger partial charge in [0.05, 0.1) is 17.5 Å². The molecular formula is C20H24N6O2. The molecule has 8 nitrogen and oxygen atoms in total. The van der Waals surface area contributed by atoms with E-state index in [-0.39, 0.29) is 5.91 Å². The fraction of sp³-hybridized carbons (Fsp3) is 0.450. The van der Waals surface area contributed by atoms with Crippen LogP contribution in [0.3, 0.4) is 0 Å². The van der Waals surface area contributed by atoms with Crippen LogP contribution in [0.2, 0.25) is 0 Å². The van der Waals surface area contributed by atoms with Gasteiger partial charge in [-0.15, -0.1) is 0 Å². The average Bonchev–Trinajstić information content (AvgIpc) is 3.26. The molecule has 0 radical (unpaired) electrons. The molecule has 0 unspecified atom stereocenters. The van der Waals surface area contributed by atoms with Crippen molar-refractivity contribution >= 4 is 5.91 Å². The van der Waals surface area contributed by atoms with Gasteiger partial charge in [-0.2, -0.15) is 10.1 Å². The molecule has 0 atom stereocenters. The molecule has 1 fully saturated rings. The predicted octanol–water partition coefficient (Wildman–Crippen LogP) is 3.20. The minimum atomic E-state index is 0.0475. The van der Waals surface area contributed by atoms with Crippen molar-refractivity contribution in [1.29, 1.82) is 0 Å². The highest BCUT2D eigenvalue weighted by Gasteiger charge is 2.22. The van der Waals surface area contributed by atoms with Gasteiger partial charge in [0.25, 0.3) is 11.8 Å². The van der Waals surface area contributed by atoms with Crippen LogP contribution in [0.25, 0.3) is 17.3 Å². The largest absolute Gasteiger partial charge is 0.339 e. The van der Waals surface area contributed by atoms with Crippen LogP contribution < -0.4 is 0 Å². The molecule has 0 N–H and O–H groups in total. The van der Waals surface area contributed by atoms with Gasteiger partial charge in [-0.25, -0.2) is 9.67 Å². The molecule has 0 aliphatic carbocycles.